The first-order valence-electron chi connectivity index (χ1n) is 6.41. The second-order valence-corrected chi connectivity index (χ2v) is 4.52. The van der Waals surface area contributed by atoms with E-state index in [4.69, 9.17) is 0 Å². The standard InChI is InChI=1S/C14H16F3N3/c15-14(16,17)7-4-8-18-9-12-10-19-20(11-12)13-5-2-1-3-6-13/h1-3,5-6,10-11,18H,4,7-9H2. The van der Waals surface area contributed by atoms with Gasteiger partial charge in [-0.25, -0.2) is 4.68 Å². The van der Waals surface area contributed by atoms with Crippen molar-refractivity contribution in [1.29, 1.82) is 0 Å². The number of para-hydroxylation sites is 1. The second kappa shape index (κ2) is 6.56. The van der Waals surface area contributed by atoms with E-state index in [2.05, 4.69) is 10.4 Å². The maximum atomic E-state index is 12.0. The summed E-state index contributed by atoms with van der Waals surface area (Å²) >= 11 is 0. The molecule has 0 aliphatic rings. The number of halogens is 3. The van der Waals surface area contributed by atoms with Gasteiger partial charge in [0, 0.05) is 24.7 Å². The molecule has 0 spiro atoms. The van der Waals surface area contributed by atoms with Crippen LogP contribution < -0.4 is 5.32 Å². The lowest BCUT2D eigenvalue weighted by atomic mass is 10.3. The topological polar surface area (TPSA) is 29.9 Å². The predicted molar refractivity (Wildman–Crippen MR) is 70.6 cm³/mol. The highest BCUT2D eigenvalue weighted by Gasteiger charge is 2.25. The van der Waals surface area contributed by atoms with Gasteiger partial charge in [-0.15, -0.1) is 0 Å². The fourth-order valence-corrected chi connectivity index (χ4v) is 1.82. The Morgan fingerprint density at radius 2 is 1.90 bits per heavy atom. The summed E-state index contributed by atoms with van der Waals surface area (Å²) in [4.78, 5) is 0. The van der Waals surface area contributed by atoms with Gasteiger partial charge in [-0.3, -0.25) is 0 Å². The van der Waals surface area contributed by atoms with E-state index in [0.717, 1.165) is 11.3 Å². The van der Waals surface area contributed by atoms with E-state index in [-0.39, 0.29) is 6.42 Å². The van der Waals surface area contributed by atoms with Crippen molar-refractivity contribution in [1.82, 2.24) is 15.1 Å². The van der Waals surface area contributed by atoms with Gasteiger partial charge in [0.05, 0.1) is 11.9 Å². The molecule has 0 bridgehead atoms. The summed E-state index contributed by atoms with van der Waals surface area (Å²) < 4.78 is 37.6. The fraction of sp³-hybridized carbons (Fsp3) is 0.357. The number of hydrogen-bond donors (Lipinski definition) is 1. The van der Waals surface area contributed by atoms with Crippen LogP contribution in [0.25, 0.3) is 5.69 Å². The Kier molecular flexibility index (Phi) is 4.79. The van der Waals surface area contributed by atoms with E-state index in [1.54, 1.807) is 10.9 Å². The maximum Gasteiger partial charge on any atom is 0.389 e. The second-order valence-electron chi connectivity index (χ2n) is 4.52. The Hall–Kier alpha value is -1.82. The summed E-state index contributed by atoms with van der Waals surface area (Å²) in [6, 6.07) is 9.65. The average Bonchev–Trinajstić information content (AvgIpc) is 2.87. The molecular formula is C14H16F3N3. The summed E-state index contributed by atoms with van der Waals surface area (Å²) in [5.74, 6) is 0. The smallest absolute Gasteiger partial charge is 0.313 e. The van der Waals surface area contributed by atoms with Crippen LogP contribution in [-0.2, 0) is 6.54 Å². The molecule has 0 aliphatic heterocycles. The molecule has 0 atom stereocenters. The third kappa shape index (κ3) is 4.70. The molecule has 2 rings (SSSR count). The molecule has 0 fully saturated rings. The predicted octanol–water partition coefficient (Wildman–Crippen LogP) is 3.30. The molecule has 0 saturated heterocycles. The van der Waals surface area contributed by atoms with E-state index in [0.29, 0.717) is 13.1 Å². The van der Waals surface area contributed by atoms with Gasteiger partial charge >= 0.3 is 6.18 Å². The molecule has 0 aliphatic carbocycles. The van der Waals surface area contributed by atoms with Crippen molar-refractivity contribution < 1.29 is 13.2 Å². The van der Waals surface area contributed by atoms with Crippen molar-refractivity contribution in [2.75, 3.05) is 6.54 Å². The Bertz CT molecular complexity index is 520. The Morgan fingerprint density at radius 1 is 1.15 bits per heavy atom. The van der Waals surface area contributed by atoms with Crippen molar-refractivity contribution in [2.45, 2.75) is 25.6 Å². The van der Waals surface area contributed by atoms with Crippen LogP contribution in [-0.4, -0.2) is 22.5 Å². The molecule has 0 unspecified atom stereocenters. The first-order valence-corrected chi connectivity index (χ1v) is 6.41. The van der Waals surface area contributed by atoms with Gasteiger partial charge in [-0.1, -0.05) is 18.2 Å². The number of alkyl halides is 3. The molecule has 108 valence electrons. The molecule has 2 aromatic rings. The normalized spacial score (nSPS) is 11.8. The van der Waals surface area contributed by atoms with Crippen LogP contribution in [0.2, 0.25) is 0 Å². The zero-order valence-electron chi connectivity index (χ0n) is 10.9. The highest BCUT2D eigenvalue weighted by atomic mass is 19.4. The number of benzene rings is 1. The number of nitrogens with zero attached hydrogens (tertiary/aromatic N) is 2. The summed E-state index contributed by atoms with van der Waals surface area (Å²) in [6.45, 7) is 0.862. The first-order chi connectivity index (χ1) is 9.54. The molecule has 0 amide bonds. The average molecular weight is 283 g/mol. The minimum absolute atomic E-state index is 0.0936. The van der Waals surface area contributed by atoms with Crippen LogP contribution in [0.4, 0.5) is 13.2 Å². The zero-order chi connectivity index (χ0) is 14.4. The van der Waals surface area contributed by atoms with Crippen molar-refractivity contribution >= 4 is 0 Å². The largest absolute Gasteiger partial charge is 0.389 e. The van der Waals surface area contributed by atoms with E-state index >= 15 is 0 Å². The zero-order valence-corrected chi connectivity index (χ0v) is 10.9. The molecule has 1 N–H and O–H groups in total. The lowest BCUT2D eigenvalue weighted by Gasteiger charge is -2.06. The van der Waals surface area contributed by atoms with Gasteiger partial charge in [0.2, 0.25) is 0 Å². The lowest BCUT2D eigenvalue weighted by molar-refractivity contribution is -0.135. The van der Waals surface area contributed by atoms with Crippen LogP contribution >= 0.6 is 0 Å². The van der Waals surface area contributed by atoms with Crippen molar-refractivity contribution in [3.8, 4) is 5.69 Å². The minimum atomic E-state index is -4.07. The summed E-state index contributed by atoms with van der Waals surface area (Å²) in [6.07, 6.45) is -1.14. The third-order valence-corrected chi connectivity index (χ3v) is 2.80. The Labute approximate surface area is 115 Å². The molecule has 6 heteroatoms. The Morgan fingerprint density at radius 3 is 2.60 bits per heavy atom. The third-order valence-electron chi connectivity index (χ3n) is 2.80. The van der Waals surface area contributed by atoms with Gasteiger partial charge in [0.1, 0.15) is 0 Å². The monoisotopic (exact) mass is 283 g/mol. The van der Waals surface area contributed by atoms with Crippen LogP contribution in [0.15, 0.2) is 42.7 Å². The fourth-order valence-electron chi connectivity index (χ4n) is 1.82. The van der Waals surface area contributed by atoms with Gasteiger partial charge in [-0.05, 0) is 25.1 Å². The van der Waals surface area contributed by atoms with Gasteiger partial charge in [0.25, 0.3) is 0 Å². The van der Waals surface area contributed by atoms with E-state index in [9.17, 15) is 13.2 Å². The van der Waals surface area contributed by atoms with Crippen LogP contribution in [0.1, 0.15) is 18.4 Å². The maximum absolute atomic E-state index is 12.0. The first kappa shape index (κ1) is 14.6. The van der Waals surface area contributed by atoms with Gasteiger partial charge in [-0.2, -0.15) is 18.3 Å². The van der Waals surface area contributed by atoms with E-state index in [1.165, 1.54) is 0 Å². The minimum Gasteiger partial charge on any atom is -0.313 e. The molecule has 20 heavy (non-hydrogen) atoms. The quantitative estimate of drug-likeness (QED) is 0.824. The summed E-state index contributed by atoms with van der Waals surface area (Å²) in [7, 11) is 0. The van der Waals surface area contributed by atoms with E-state index in [1.807, 2.05) is 36.5 Å². The van der Waals surface area contributed by atoms with Crippen molar-refractivity contribution in [3.63, 3.8) is 0 Å². The van der Waals surface area contributed by atoms with Gasteiger partial charge < -0.3 is 5.32 Å². The van der Waals surface area contributed by atoms with Gasteiger partial charge in [0.15, 0.2) is 0 Å². The lowest BCUT2D eigenvalue weighted by Crippen LogP contribution is -2.17. The number of aromatic nitrogens is 2. The molecule has 0 saturated carbocycles. The van der Waals surface area contributed by atoms with Crippen molar-refractivity contribution in [2.24, 2.45) is 0 Å². The molecule has 1 aromatic carbocycles. The molecule has 3 nitrogen and oxygen atoms in total. The van der Waals surface area contributed by atoms with Crippen molar-refractivity contribution in [3.05, 3.63) is 48.3 Å². The van der Waals surface area contributed by atoms with E-state index < -0.39 is 12.6 Å². The Balaban J connectivity index is 1.76. The van der Waals surface area contributed by atoms with Crippen LogP contribution in [0.5, 0.6) is 0 Å². The molecule has 0 radical (unpaired) electrons. The van der Waals surface area contributed by atoms with Crippen LogP contribution in [0.3, 0.4) is 0 Å². The number of rotatable bonds is 6. The number of nitrogens with one attached hydrogen (secondary N) is 1. The number of hydrogen-bond acceptors (Lipinski definition) is 2. The summed E-state index contributed by atoms with van der Waals surface area (Å²) in [5.41, 5.74) is 1.90. The van der Waals surface area contributed by atoms with Crippen LogP contribution in [0, 0.1) is 0 Å². The SMILES string of the molecule is FC(F)(F)CCCNCc1cnn(-c2ccccc2)c1. The molecule has 1 aromatic heterocycles. The molecular weight excluding hydrogens is 267 g/mol. The summed E-state index contributed by atoms with van der Waals surface area (Å²) in [5, 5.41) is 7.21. The highest BCUT2D eigenvalue weighted by Crippen LogP contribution is 2.20. The molecule has 1 heterocycles. The highest BCUT2D eigenvalue weighted by molar-refractivity contribution is 5.30.